The van der Waals surface area contributed by atoms with Crippen molar-refractivity contribution in [1.82, 2.24) is 9.97 Å². The molecule has 0 fully saturated rings. The molecule has 0 unspecified atom stereocenters. The monoisotopic (exact) mass is 340 g/mol. The molecule has 0 aromatic carbocycles. The molecule has 0 saturated carbocycles. The second-order valence-electron chi connectivity index (χ2n) is 3.56. The molecule has 0 aliphatic carbocycles. The lowest BCUT2D eigenvalue weighted by Crippen LogP contribution is -1.81. The molecule has 0 amide bonds. The summed E-state index contributed by atoms with van der Waals surface area (Å²) in [6.45, 7) is 0. The first-order valence-corrected chi connectivity index (χ1v) is 8.41. The summed E-state index contributed by atoms with van der Waals surface area (Å²) < 4.78 is 0. The number of nitrogens with zero attached hydrogens (tertiary/aromatic N) is 2. The zero-order chi connectivity index (χ0) is 14.2. The van der Waals surface area contributed by atoms with Crippen molar-refractivity contribution in [2.24, 2.45) is 0 Å². The summed E-state index contributed by atoms with van der Waals surface area (Å²) in [6, 6.07) is 7.43. The van der Waals surface area contributed by atoms with Gasteiger partial charge in [0.25, 0.3) is 0 Å². The molecule has 0 N–H and O–H groups in total. The maximum absolute atomic E-state index is 5.77. The van der Waals surface area contributed by atoms with Crippen LogP contribution in [0.5, 0.6) is 0 Å². The molecular formula is C14H10Cl2N2S2. The first-order valence-electron chi connectivity index (χ1n) is 5.68. The Morgan fingerprint density at radius 1 is 0.800 bits per heavy atom. The number of halogens is 2. The van der Waals surface area contributed by atoms with Gasteiger partial charge in [-0.1, -0.05) is 58.6 Å². The second kappa shape index (κ2) is 8.43. The van der Waals surface area contributed by atoms with Gasteiger partial charge in [-0.05, 0) is 24.3 Å². The van der Waals surface area contributed by atoms with Gasteiger partial charge in [0.1, 0.15) is 0 Å². The van der Waals surface area contributed by atoms with E-state index in [0.717, 1.165) is 10.1 Å². The van der Waals surface area contributed by atoms with E-state index in [2.05, 4.69) is 21.8 Å². The molecule has 0 radical (unpaired) electrons. The first-order chi connectivity index (χ1) is 9.74. The highest BCUT2D eigenvalue weighted by Gasteiger charge is 1.94. The maximum atomic E-state index is 5.77. The summed E-state index contributed by atoms with van der Waals surface area (Å²) in [5.41, 5.74) is 0. The van der Waals surface area contributed by atoms with Crippen LogP contribution in [0.25, 0.3) is 0 Å². The number of hydrogen-bond acceptors (Lipinski definition) is 4. The minimum absolute atomic E-state index is 0.646. The molecule has 6 heteroatoms. The average molecular weight is 341 g/mol. The summed E-state index contributed by atoms with van der Waals surface area (Å²) in [7, 11) is 0. The van der Waals surface area contributed by atoms with Gasteiger partial charge in [-0.15, -0.1) is 0 Å². The third-order valence-corrected chi connectivity index (χ3v) is 4.21. The van der Waals surface area contributed by atoms with Crippen LogP contribution in [-0.4, -0.2) is 21.5 Å². The fourth-order valence-electron chi connectivity index (χ4n) is 1.22. The zero-order valence-electron chi connectivity index (χ0n) is 10.3. The van der Waals surface area contributed by atoms with Gasteiger partial charge in [0, 0.05) is 12.4 Å². The minimum atomic E-state index is 0.646. The molecule has 0 aliphatic rings. The van der Waals surface area contributed by atoms with Crippen molar-refractivity contribution in [3.05, 3.63) is 46.7 Å². The van der Waals surface area contributed by atoms with Crippen molar-refractivity contribution < 1.29 is 0 Å². The molecule has 0 bridgehead atoms. The summed E-state index contributed by atoms with van der Waals surface area (Å²) in [4.78, 5) is 8.37. The van der Waals surface area contributed by atoms with Gasteiger partial charge in [0.05, 0.1) is 31.6 Å². The predicted molar refractivity (Wildman–Crippen MR) is 87.7 cm³/mol. The van der Waals surface area contributed by atoms with Crippen LogP contribution in [0.15, 0.2) is 46.7 Å². The number of pyridine rings is 2. The van der Waals surface area contributed by atoms with Gasteiger partial charge < -0.3 is 0 Å². The van der Waals surface area contributed by atoms with Crippen molar-refractivity contribution in [2.45, 2.75) is 10.1 Å². The Balaban J connectivity index is 1.70. The third kappa shape index (κ3) is 5.64. The molecule has 2 aromatic heterocycles. The van der Waals surface area contributed by atoms with E-state index in [0.29, 0.717) is 21.6 Å². The van der Waals surface area contributed by atoms with Gasteiger partial charge in [-0.2, -0.15) is 0 Å². The van der Waals surface area contributed by atoms with Crippen LogP contribution in [0.4, 0.5) is 0 Å². The van der Waals surface area contributed by atoms with Gasteiger partial charge in [-0.25, -0.2) is 9.97 Å². The van der Waals surface area contributed by atoms with E-state index >= 15 is 0 Å². The fraction of sp³-hybridized carbons (Fsp3) is 0.143. The normalized spacial score (nSPS) is 9.90. The van der Waals surface area contributed by atoms with E-state index in [-0.39, 0.29) is 0 Å². The highest BCUT2D eigenvalue weighted by atomic mass is 35.5. The number of hydrogen-bond donors (Lipinski definition) is 0. The molecule has 20 heavy (non-hydrogen) atoms. The summed E-state index contributed by atoms with van der Waals surface area (Å²) in [6.07, 6.45) is 3.28. The van der Waals surface area contributed by atoms with E-state index in [1.165, 1.54) is 0 Å². The standard InChI is InChI=1S/C14H10Cl2N2S2/c15-11-3-5-13(17-9-11)19-7-1-2-8-20-14-6-4-12(16)10-18-14/h3-6,9-10H,7-8H2. The van der Waals surface area contributed by atoms with Gasteiger partial charge in [-0.3, -0.25) is 0 Å². The molecule has 2 rings (SSSR count). The van der Waals surface area contributed by atoms with Crippen molar-refractivity contribution in [2.75, 3.05) is 11.5 Å². The Kier molecular flexibility index (Phi) is 6.55. The molecule has 0 spiro atoms. The highest BCUT2D eigenvalue weighted by Crippen LogP contribution is 2.17. The minimum Gasteiger partial charge on any atom is -0.248 e. The summed E-state index contributed by atoms with van der Waals surface area (Å²) in [5, 5.41) is 3.14. The zero-order valence-corrected chi connectivity index (χ0v) is 13.5. The molecular weight excluding hydrogens is 331 g/mol. The van der Waals surface area contributed by atoms with Crippen LogP contribution < -0.4 is 0 Å². The van der Waals surface area contributed by atoms with E-state index in [1.54, 1.807) is 35.9 Å². The van der Waals surface area contributed by atoms with Gasteiger partial charge in [0.2, 0.25) is 0 Å². The number of thioether (sulfide) groups is 2. The Bertz CT molecular complexity index is 550. The molecule has 0 saturated heterocycles. The SMILES string of the molecule is Clc1ccc(SCC#CCSc2ccc(Cl)cn2)nc1. The van der Waals surface area contributed by atoms with Crippen LogP contribution in [-0.2, 0) is 0 Å². The van der Waals surface area contributed by atoms with Crippen LogP contribution in [0, 0.1) is 11.8 Å². The molecule has 0 aliphatic heterocycles. The lowest BCUT2D eigenvalue weighted by molar-refractivity contribution is 1.14. The number of rotatable bonds is 4. The largest absolute Gasteiger partial charge is 0.248 e. The fourth-order valence-corrected chi connectivity index (χ4v) is 2.67. The Hall–Kier alpha value is -0.860. The van der Waals surface area contributed by atoms with Crippen LogP contribution in [0.2, 0.25) is 10.0 Å². The van der Waals surface area contributed by atoms with Crippen molar-refractivity contribution in [1.29, 1.82) is 0 Å². The summed E-state index contributed by atoms with van der Waals surface area (Å²) >= 11 is 14.7. The predicted octanol–water partition coefficient (Wildman–Crippen LogP) is 4.67. The first kappa shape index (κ1) is 15.5. The Morgan fingerprint density at radius 2 is 1.25 bits per heavy atom. The molecule has 102 valence electrons. The van der Waals surface area contributed by atoms with Crippen LogP contribution >= 0.6 is 46.7 Å². The smallest absolute Gasteiger partial charge is 0.0970 e. The van der Waals surface area contributed by atoms with Crippen LogP contribution in [0.3, 0.4) is 0 Å². The van der Waals surface area contributed by atoms with Crippen LogP contribution in [0.1, 0.15) is 0 Å². The van der Waals surface area contributed by atoms with E-state index in [4.69, 9.17) is 23.2 Å². The Morgan fingerprint density at radius 3 is 1.60 bits per heavy atom. The second-order valence-corrected chi connectivity index (χ2v) is 6.42. The maximum Gasteiger partial charge on any atom is 0.0970 e. The molecule has 2 aromatic rings. The topological polar surface area (TPSA) is 25.8 Å². The van der Waals surface area contributed by atoms with E-state index < -0.39 is 0 Å². The molecule has 0 atom stereocenters. The Labute approximate surface area is 136 Å². The quantitative estimate of drug-likeness (QED) is 0.596. The van der Waals surface area contributed by atoms with Gasteiger partial charge >= 0.3 is 0 Å². The summed E-state index contributed by atoms with van der Waals surface area (Å²) in [5.74, 6) is 7.61. The van der Waals surface area contributed by atoms with Crippen molar-refractivity contribution in [3.8, 4) is 11.8 Å². The highest BCUT2D eigenvalue weighted by molar-refractivity contribution is 7.99. The van der Waals surface area contributed by atoms with Gasteiger partial charge in [0.15, 0.2) is 0 Å². The van der Waals surface area contributed by atoms with Crippen molar-refractivity contribution >= 4 is 46.7 Å². The van der Waals surface area contributed by atoms with E-state index in [1.807, 2.05) is 24.3 Å². The molecule has 2 heterocycles. The number of aromatic nitrogens is 2. The lowest BCUT2D eigenvalue weighted by atomic mass is 10.5. The molecule has 2 nitrogen and oxygen atoms in total. The third-order valence-electron chi connectivity index (χ3n) is 2.11. The lowest BCUT2D eigenvalue weighted by Gasteiger charge is -1.96. The average Bonchev–Trinajstić information content (AvgIpc) is 2.46. The van der Waals surface area contributed by atoms with E-state index in [9.17, 15) is 0 Å². The van der Waals surface area contributed by atoms with Crippen molar-refractivity contribution in [3.63, 3.8) is 0 Å².